The smallest absolute Gasteiger partial charge is 0.238 e. The summed E-state index contributed by atoms with van der Waals surface area (Å²) in [5, 5.41) is 13.3. The van der Waals surface area contributed by atoms with Crippen molar-refractivity contribution in [1.82, 2.24) is 19.6 Å². The molecule has 1 aliphatic rings. The Hall–Kier alpha value is -2.01. The van der Waals surface area contributed by atoms with Crippen LogP contribution in [0.25, 0.3) is 0 Å². The molecule has 2 heterocycles. The maximum absolute atomic E-state index is 11.3. The second-order valence-corrected chi connectivity index (χ2v) is 8.62. The van der Waals surface area contributed by atoms with Gasteiger partial charge in [-0.15, -0.1) is 0 Å². The minimum absolute atomic E-state index is 0.0817. The number of primary sulfonamides is 1. The number of hydrogen-bond donors (Lipinski definition) is 2. The Morgan fingerprint density at radius 2 is 1.85 bits per heavy atom. The number of aryl methyl sites for hydroxylation is 2. The average molecular weight is 409 g/mol. The Kier molecular flexibility index (Phi) is 5.80. The van der Waals surface area contributed by atoms with Crippen LogP contribution < -0.4 is 10.5 Å². The molecule has 0 radical (unpaired) electrons. The van der Waals surface area contributed by atoms with Gasteiger partial charge in [-0.25, -0.2) is 13.6 Å². The monoisotopic (exact) mass is 408 g/mol. The summed E-state index contributed by atoms with van der Waals surface area (Å²) < 4.78 is 24.5. The normalized spacial score (nSPS) is 15.7. The lowest BCUT2D eigenvalue weighted by molar-refractivity contribution is 0.176. The van der Waals surface area contributed by atoms with E-state index < -0.39 is 10.0 Å². The average Bonchev–Trinajstić information content (AvgIpc) is 2.92. The molecule has 0 bridgehead atoms. The molecular weight excluding hydrogens is 384 g/mol. The SMILES string of the molecule is Cc1nn(C)cc1CN1CCN(C(=S)Nc2ccc(S(N)(=O)=O)cc2)CC1. The number of rotatable bonds is 4. The van der Waals surface area contributed by atoms with Crippen LogP contribution in [0.1, 0.15) is 11.3 Å². The molecule has 0 spiro atoms. The molecule has 27 heavy (non-hydrogen) atoms. The van der Waals surface area contributed by atoms with E-state index in [2.05, 4.69) is 26.4 Å². The van der Waals surface area contributed by atoms with Gasteiger partial charge in [-0.2, -0.15) is 5.10 Å². The first-order valence-electron chi connectivity index (χ1n) is 8.62. The minimum atomic E-state index is -3.68. The lowest BCUT2D eigenvalue weighted by atomic mass is 10.2. The van der Waals surface area contributed by atoms with Gasteiger partial charge < -0.3 is 10.2 Å². The first kappa shape index (κ1) is 19.7. The standard InChI is InChI=1S/C17H24N6O2S2/c1-13-14(11-21(2)20-13)12-22-7-9-23(10-8-22)17(26)19-15-3-5-16(6-4-15)27(18,24)25/h3-6,11H,7-10,12H2,1-2H3,(H,19,26)(H2,18,24,25). The first-order chi connectivity index (χ1) is 12.7. The van der Waals surface area contributed by atoms with Crippen LogP contribution in [0.4, 0.5) is 5.69 Å². The summed E-state index contributed by atoms with van der Waals surface area (Å²) in [6, 6.07) is 6.25. The highest BCUT2D eigenvalue weighted by Gasteiger charge is 2.20. The van der Waals surface area contributed by atoms with E-state index in [0.717, 1.165) is 44.1 Å². The van der Waals surface area contributed by atoms with Crippen molar-refractivity contribution in [3.63, 3.8) is 0 Å². The van der Waals surface area contributed by atoms with Gasteiger partial charge in [0, 0.05) is 57.2 Å². The number of aromatic nitrogens is 2. The number of nitrogens with two attached hydrogens (primary N) is 1. The van der Waals surface area contributed by atoms with Gasteiger partial charge in [-0.05, 0) is 43.4 Å². The zero-order valence-corrected chi connectivity index (χ0v) is 17.1. The van der Waals surface area contributed by atoms with Gasteiger partial charge in [0.25, 0.3) is 0 Å². The fourth-order valence-electron chi connectivity index (χ4n) is 3.08. The number of anilines is 1. The third-order valence-corrected chi connectivity index (χ3v) is 5.89. The van der Waals surface area contributed by atoms with Gasteiger partial charge in [0.15, 0.2) is 5.11 Å². The van der Waals surface area contributed by atoms with Crippen molar-refractivity contribution in [2.45, 2.75) is 18.4 Å². The van der Waals surface area contributed by atoms with Crippen LogP contribution in [0.3, 0.4) is 0 Å². The van der Waals surface area contributed by atoms with Gasteiger partial charge in [0.05, 0.1) is 10.6 Å². The Balaban J connectivity index is 1.52. The molecule has 3 rings (SSSR count). The van der Waals surface area contributed by atoms with Gasteiger partial charge in [0.1, 0.15) is 0 Å². The Morgan fingerprint density at radius 1 is 1.22 bits per heavy atom. The summed E-state index contributed by atoms with van der Waals surface area (Å²) in [5.41, 5.74) is 3.06. The summed E-state index contributed by atoms with van der Waals surface area (Å²) >= 11 is 5.49. The topological polar surface area (TPSA) is 96.5 Å². The fraction of sp³-hybridized carbons (Fsp3) is 0.412. The Morgan fingerprint density at radius 3 is 2.37 bits per heavy atom. The van der Waals surface area contributed by atoms with Gasteiger partial charge in [0.2, 0.25) is 10.0 Å². The summed E-state index contributed by atoms with van der Waals surface area (Å²) in [6.07, 6.45) is 2.07. The molecule has 1 aromatic heterocycles. The second kappa shape index (κ2) is 7.93. The molecular formula is C17H24N6O2S2. The van der Waals surface area contributed by atoms with Crippen LogP contribution in [-0.4, -0.2) is 59.3 Å². The maximum Gasteiger partial charge on any atom is 0.238 e. The van der Waals surface area contributed by atoms with Crippen LogP contribution in [0, 0.1) is 6.92 Å². The van der Waals surface area contributed by atoms with Crippen molar-refractivity contribution in [2.24, 2.45) is 12.2 Å². The zero-order valence-electron chi connectivity index (χ0n) is 15.4. The van der Waals surface area contributed by atoms with Gasteiger partial charge in [-0.1, -0.05) is 0 Å². The highest BCUT2D eigenvalue weighted by atomic mass is 32.2. The lowest BCUT2D eigenvalue weighted by Gasteiger charge is -2.36. The molecule has 0 atom stereocenters. The predicted molar refractivity (Wildman–Crippen MR) is 109 cm³/mol. The molecule has 1 aromatic carbocycles. The van der Waals surface area contributed by atoms with Crippen molar-refractivity contribution in [3.8, 4) is 0 Å². The molecule has 2 aromatic rings. The zero-order chi connectivity index (χ0) is 19.6. The number of hydrogen-bond acceptors (Lipinski definition) is 5. The number of piperazine rings is 1. The van der Waals surface area contributed by atoms with Crippen LogP contribution in [-0.2, 0) is 23.6 Å². The van der Waals surface area contributed by atoms with Crippen molar-refractivity contribution < 1.29 is 8.42 Å². The van der Waals surface area contributed by atoms with Crippen LogP contribution >= 0.6 is 12.2 Å². The summed E-state index contributed by atoms with van der Waals surface area (Å²) in [4.78, 5) is 4.60. The molecule has 0 saturated carbocycles. The molecule has 8 nitrogen and oxygen atoms in total. The highest BCUT2D eigenvalue weighted by Crippen LogP contribution is 2.15. The molecule has 1 saturated heterocycles. The number of nitrogens with zero attached hydrogens (tertiary/aromatic N) is 4. The molecule has 1 aliphatic heterocycles. The van der Waals surface area contributed by atoms with E-state index in [0.29, 0.717) is 5.11 Å². The van der Waals surface area contributed by atoms with Crippen LogP contribution in [0.15, 0.2) is 35.4 Å². The predicted octanol–water partition coefficient (Wildman–Crippen LogP) is 0.891. The van der Waals surface area contributed by atoms with E-state index in [-0.39, 0.29) is 4.90 Å². The maximum atomic E-state index is 11.3. The summed E-state index contributed by atoms with van der Waals surface area (Å²) in [6.45, 7) is 6.43. The highest BCUT2D eigenvalue weighted by molar-refractivity contribution is 7.89. The van der Waals surface area contributed by atoms with E-state index in [9.17, 15) is 8.42 Å². The molecule has 146 valence electrons. The molecule has 1 fully saturated rings. The quantitative estimate of drug-likeness (QED) is 0.725. The minimum Gasteiger partial charge on any atom is -0.346 e. The van der Waals surface area contributed by atoms with Crippen LogP contribution in [0.2, 0.25) is 0 Å². The van der Waals surface area contributed by atoms with E-state index in [1.54, 1.807) is 12.1 Å². The number of thiocarbonyl (C=S) groups is 1. The van der Waals surface area contributed by atoms with Crippen LogP contribution in [0.5, 0.6) is 0 Å². The molecule has 0 unspecified atom stereocenters. The third-order valence-electron chi connectivity index (χ3n) is 4.60. The van der Waals surface area contributed by atoms with E-state index in [4.69, 9.17) is 17.4 Å². The molecule has 3 N–H and O–H groups in total. The third kappa shape index (κ3) is 5.04. The molecule has 0 amide bonds. The van der Waals surface area contributed by atoms with Crippen molar-refractivity contribution in [3.05, 3.63) is 41.7 Å². The lowest BCUT2D eigenvalue weighted by Crippen LogP contribution is -2.49. The largest absolute Gasteiger partial charge is 0.346 e. The molecule has 0 aliphatic carbocycles. The van der Waals surface area contributed by atoms with E-state index in [1.165, 1.54) is 17.7 Å². The van der Waals surface area contributed by atoms with E-state index in [1.807, 2.05) is 18.7 Å². The molecule has 10 heteroatoms. The van der Waals surface area contributed by atoms with E-state index >= 15 is 0 Å². The number of sulfonamides is 1. The second-order valence-electron chi connectivity index (χ2n) is 6.68. The van der Waals surface area contributed by atoms with Gasteiger partial charge in [-0.3, -0.25) is 9.58 Å². The number of benzene rings is 1. The van der Waals surface area contributed by atoms with Gasteiger partial charge >= 0.3 is 0 Å². The Bertz CT molecular complexity index is 915. The summed E-state index contributed by atoms with van der Waals surface area (Å²) in [7, 11) is -1.75. The summed E-state index contributed by atoms with van der Waals surface area (Å²) in [5.74, 6) is 0. The number of nitrogens with one attached hydrogen (secondary N) is 1. The van der Waals surface area contributed by atoms with Crippen molar-refractivity contribution in [1.29, 1.82) is 0 Å². The van der Waals surface area contributed by atoms with Crippen molar-refractivity contribution >= 4 is 33.0 Å². The first-order valence-corrected chi connectivity index (χ1v) is 10.6. The Labute approximate surface area is 165 Å². The fourth-order valence-corrected chi connectivity index (χ4v) is 3.90. The van der Waals surface area contributed by atoms with Crippen molar-refractivity contribution in [2.75, 3.05) is 31.5 Å².